The average molecular weight is 378 g/mol. The van der Waals surface area contributed by atoms with Crippen molar-refractivity contribution in [2.75, 3.05) is 25.4 Å². The molecule has 0 unspecified atom stereocenters. The van der Waals surface area contributed by atoms with Crippen molar-refractivity contribution in [3.05, 3.63) is 72.3 Å². The van der Waals surface area contributed by atoms with Gasteiger partial charge in [-0.3, -0.25) is 4.90 Å². The van der Waals surface area contributed by atoms with Gasteiger partial charge in [-0.2, -0.15) is 0 Å². The first kappa shape index (κ1) is 19.7. The third-order valence-electron chi connectivity index (χ3n) is 4.43. The molecule has 0 spiro atoms. The number of hydrogen-bond acceptors (Lipinski definition) is 3. The largest absolute Gasteiger partial charge is 0.299 e. The highest BCUT2D eigenvalue weighted by molar-refractivity contribution is 7.91. The quantitative estimate of drug-likeness (QED) is 0.761. The lowest BCUT2D eigenvalue weighted by Gasteiger charge is -2.26. The molecule has 1 aliphatic heterocycles. The first-order valence-electron chi connectivity index (χ1n) is 8.40. The topological polar surface area (TPSA) is 37.4 Å². The fraction of sp³-hybridized carbons (Fsp3) is 0.300. The number of nitrogens with zero attached hydrogens (tertiary/aromatic N) is 1. The molecule has 25 heavy (non-hydrogen) atoms. The smallest absolute Gasteiger partial charge is 0.178 e. The van der Waals surface area contributed by atoms with Gasteiger partial charge in [-0.25, -0.2) is 8.42 Å². The van der Waals surface area contributed by atoms with Crippen molar-refractivity contribution in [1.82, 2.24) is 4.90 Å². The summed E-state index contributed by atoms with van der Waals surface area (Å²) in [5.74, 6) is 0.211. The maximum atomic E-state index is 12.3. The second-order valence-electron chi connectivity index (χ2n) is 6.13. The summed E-state index contributed by atoms with van der Waals surface area (Å²) in [5.41, 5.74) is 2.69. The molecule has 0 N–H and O–H groups in total. The van der Waals surface area contributed by atoms with Crippen LogP contribution in [0.3, 0.4) is 0 Å². The summed E-state index contributed by atoms with van der Waals surface area (Å²) in [5, 5.41) is 0. The van der Waals surface area contributed by atoms with E-state index in [-0.39, 0.29) is 18.2 Å². The van der Waals surface area contributed by atoms with Crippen molar-refractivity contribution in [2.45, 2.75) is 17.7 Å². The molecule has 0 saturated heterocycles. The maximum absolute atomic E-state index is 12.3. The van der Waals surface area contributed by atoms with Crippen LogP contribution in [-0.4, -0.2) is 38.7 Å². The van der Waals surface area contributed by atoms with E-state index in [1.54, 1.807) is 24.3 Å². The highest BCUT2D eigenvalue weighted by Crippen LogP contribution is 2.22. The van der Waals surface area contributed by atoms with Crippen LogP contribution in [0.25, 0.3) is 5.57 Å². The Labute approximate surface area is 156 Å². The van der Waals surface area contributed by atoms with Crippen molar-refractivity contribution in [3.8, 4) is 0 Å². The zero-order valence-electron chi connectivity index (χ0n) is 14.2. The van der Waals surface area contributed by atoms with E-state index in [9.17, 15) is 8.42 Å². The Balaban J connectivity index is 0.00000225. The van der Waals surface area contributed by atoms with Crippen LogP contribution in [0.4, 0.5) is 0 Å². The van der Waals surface area contributed by atoms with Gasteiger partial charge in [-0.1, -0.05) is 54.6 Å². The number of sulfone groups is 1. The van der Waals surface area contributed by atoms with Gasteiger partial charge < -0.3 is 0 Å². The Bertz CT molecular complexity index is 789. The van der Waals surface area contributed by atoms with E-state index in [1.807, 2.05) is 12.1 Å². The lowest BCUT2D eigenvalue weighted by molar-refractivity contribution is 0.303. The van der Waals surface area contributed by atoms with Crippen LogP contribution in [0.5, 0.6) is 0 Å². The third kappa shape index (κ3) is 5.43. The lowest BCUT2D eigenvalue weighted by atomic mass is 9.99. The van der Waals surface area contributed by atoms with E-state index in [0.717, 1.165) is 26.1 Å². The first-order valence-corrected chi connectivity index (χ1v) is 10.0. The minimum Gasteiger partial charge on any atom is -0.299 e. The van der Waals surface area contributed by atoms with Crippen molar-refractivity contribution in [3.63, 3.8) is 0 Å². The van der Waals surface area contributed by atoms with Crippen LogP contribution >= 0.6 is 12.4 Å². The Hall–Kier alpha value is -1.62. The normalized spacial score (nSPS) is 15.3. The predicted molar refractivity (Wildman–Crippen MR) is 106 cm³/mol. The Morgan fingerprint density at radius 1 is 0.920 bits per heavy atom. The van der Waals surface area contributed by atoms with Crippen molar-refractivity contribution < 1.29 is 8.42 Å². The Kier molecular flexibility index (Phi) is 7.24. The molecule has 0 fully saturated rings. The molecular weight excluding hydrogens is 354 g/mol. The molecule has 2 aromatic carbocycles. The molecule has 134 valence electrons. The molecule has 2 aromatic rings. The van der Waals surface area contributed by atoms with E-state index >= 15 is 0 Å². The van der Waals surface area contributed by atoms with Crippen LogP contribution in [0.15, 0.2) is 71.6 Å². The molecule has 0 amide bonds. The van der Waals surface area contributed by atoms with E-state index in [0.29, 0.717) is 11.3 Å². The average Bonchev–Trinajstić information content (AvgIpc) is 2.64. The minimum absolute atomic E-state index is 0. The highest BCUT2D eigenvalue weighted by atomic mass is 35.5. The monoisotopic (exact) mass is 377 g/mol. The number of hydrogen-bond donors (Lipinski definition) is 0. The number of halogens is 1. The highest BCUT2D eigenvalue weighted by Gasteiger charge is 2.16. The summed E-state index contributed by atoms with van der Waals surface area (Å²) < 4.78 is 24.6. The molecule has 5 heteroatoms. The summed E-state index contributed by atoms with van der Waals surface area (Å²) in [7, 11) is -3.16. The Morgan fingerprint density at radius 2 is 1.56 bits per heavy atom. The molecule has 0 bridgehead atoms. The van der Waals surface area contributed by atoms with Crippen LogP contribution in [0.2, 0.25) is 0 Å². The minimum atomic E-state index is -3.16. The predicted octanol–water partition coefficient (Wildman–Crippen LogP) is 4.06. The van der Waals surface area contributed by atoms with Gasteiger partial charge in [0.25, 0.3) is 0 Å². The van der Waals surface area contributed by atoms with Gasteiger partial charge >= 0.3 is 0 Å². The third-order valence-corrected chi connectivity index (χ3v) is 6.24. The van der Waals surface area contributed by atoms with Crippen LogP contribution in [0.1, 0.15) is 18.4 Å². The first-order chi connectivity index (χ1) is 11.6. The molecule has 1 heterocycles. The van der Waals surface area contributed by atoms with Crippen LogP contribution in [0, 0.1) is 0 Å². The summed E-state index contributed by atoms with van der Waals surface area (Å²) in [6.07, 6.45) is 3.96. The van der Waals surface area contributed by atoms with Gasteiger partial charge in [0.1, 0.15) is 0 Å². The van der Waals surface area contributed by atoms with Gasteiger partial charge in [-0.15, -0.1) is 12.4 Å². The van der Waals surface area contributed by atoms with E-state index in [2.05, 4.69) is 35.2 Å². The molecule has 3 nitrogen and oxygen atoms in total. The molecule has 0 aliphatic carbocycles. The zero-order chi connectivity index (χ0) is 16.8. The number of benzene rings is 2. The molecule has 0 aromatic heterocycles. The molecular formula is C20H24ClNO2S. The number of rotatable bonds is 6. The summed E-state index contributed by atoms with van der Waals surface area (Å²) in [4.78, 5) is 2.75. The fourth-order valence-electron chi connectivity index (χ4n) is 3.05. The second kappa shape index (κ2) is 9.18. The zero-order valence-corrected chi connectivity index (χ0v) is 15.8. The summed E-state index contributed by atoms with van der Waals surface area (Å²) >= 11 is 0. The maximum Gasteiger partial charge on any atom is 0.178 e. The standard InChI is InChI=1S/C20H23NO2S.ClH/c22-24(23,20-10-5-2-6-11-20)17-7-14-21-15-12-19(13-16-21)18-8-3-1-4-9-18;/h1-6,8-12H,7,13-17H2;1H. The van der Waals surface area contributed by atoms with Gasteiger partial charge in [0, 0.05) is 13.1 Å². The van der Waals surface area contributed by atoms with Crippen molar-refractivity contribution >= 4 is 27.8 Å². The van der Waals surface area contributed by atoms with Gasteiger partial charge in [0.15, 0.2) is 9.84 Å². The molecule has 1 aliphatic rings. The van der Waals surface area contributed by atoms with Gasteiger partial charge in [-0.05, 0) is 42.7 Å². The Morgan fingerprint density at radius 3 is 2.16 bits per heavy atom. The molecule has 0 radical (unpaired) electrons. The van der Waals surface area contributed by atoms with Crippen LogP contribution < -0.4 is 0 Å². The lowest BCUT2D eigenvalue weighted by Crippen LogP contribution is -2.30. The van der Waals surface area contributed by atoms with Crippen LogP contribution in [-0.2, 0) is 9.84 Å². The van der Waals surface area contributed by atoms with E-state index in [1.165, 1.54) is 11.1 Å². The van der Waals surface area contributed by atoms with Gasteiger partial charge in [0.2, 0.25) is 0 Å². The van der Waals surface area contributed by atoms with E-state index < -0.39 is 9.84 Å². The summed E-state index contributed by atoms with van der Waals surface area (Å²) in [6.45, 7) is 2.71. The van der Waals surface area contributed by atoms with Crippen molar-refractivity contribution in [2.24, 2.45) is 0 Å². The van der Waals surface area contributed by atoms with E-state index in [4.69, 9.17) is 0 Å². The fourth-order valence-corrected chi connectivity index (χ4v) is 4.37. The SMILES string of the molecule is Cl.O=S(=O)(CCCN1CC=C(c2ccccc2)CC1)c1ccccc1. The second-order valence-corrected chi connectivity index (χ2v) is 8.24. The molecule has 3 rings (SSSR count). The molecule has 0 atom stereocenters. The van der Waals surface area contributed by atoms with Crippen molar-refractivity contribution in [1.29, 1.82) is 0 Å². The summed E-state index contributed by atoms with van der Waals surface area (Å²) in [6, 6.07) is 19.2. The molecule has 0 saturated carbocycles. The van der Waals surface area contributed by atoms with Gasteiger partial charge in [0.05, 0.1) is 10.6 Å².